The summed E-state index contributed by atoms with van der Waals surface area (Å²) in [4.78, 5) is 0. The second kappa shape index (κ2) is 4.86. The summed E-state index contributed by atoms with van der Waals surface area (Å²) in [5.74, 6) is 0. The lowest BCUT2D eigenvalue weighted by Gasteiger charge is -2.21. The van der Waals surface area contributed by atoms with E-state index < -0.39 is 0 Å². The van der Waals surface area contributed by atoms with Gasteiger partial charge in [-0.25, -0.2) is 0 Å². The Morgan fingerprint density at radius 3 is 2.32 bits per heavy atom. The largest absolute Gasteiger partial charge is 0.343 e. The number of thiophene rings is 1. The summed E-state index contributed by atoms with van der Waals surface area (Å²) in [6.07, 6.45) is 0. The smallest absolute Gasteiger partial charge is 0.0526 e. The average molecular weight is 343 g/mol. The van der Waals surface area contributed by atoms with Gasteiger partial charge in [0.1, 0.15) is 0 Å². The number of aryl methyl sites for hydroxylation is 1. The molecule has 0 aliphatic rings. The van der Waals surface area contributed by atoms with E-state index >= 15 is 0 Å². The molecule has 5 aromatic rings. The minimum absolute atomic E-state index is 0.131. The highest BCUT2D eigenvalue weighted by Gasteiger charge is 2.21. The molecule has 25 heavy (non-hydrogen) atoms. The van der Waals surface area contributed by atoms with Gasteiger partial charge in [0.25, 0.3) is 0 Å². The van der Waals surface area contributed by atoms with Gasteiger partial charge < -0.3 is 4.57 Å². The standard InChI is InChI=1S/C23H21NS/c1-23(2,3)18-10-7-9-15-16-13-21-17(12-19(16)24(4)22(15)18)14-8-5-6-11-20(14)25-21/h5-13H,1-4H3. The van der Waals surface area contributed by atoms with Crippen LogP contribution in [0, 0.1) is 0 Å². The van der Waals surface area contributed by atoms with Gasteiger partial charge in [0.05, 0.1) is 5.52 Å². The van der Waals surface area contributed by atoms with Crippen LogP contribution in [0.2, 0.25) is 0 Å². The van der Waals surface area contributed by atoms with Crippen molar-refractivity contribution >= 4 is 53.3 Å². The van der Waals surface area contributed by atoms with Crippen LogP contribution in [0.25, 0.3) is 42.0 Å². The molecule has 0 fully saturated rings. The van der Waals surface area contributed by atoms with Crippen molar-refractivity contribution in [3.63, 3.8) is 0 Å². The summed E-state index contributed by atoms with van der Waals surface area (Å²) in [5, 5.41) is 5.47. The predicted octanol–water partition coefficient (Wildman–Crippen LogP) is 7.00. The molecule has 0 aliphatic carbocycles. The fraction of sp³-hybridized carbons (Fsp3) is 0.217. The number of hydrogen-bond donors (Lipinski definition) is 0. The van der Waals surface area contributed by atoms with Crippen LogP contribution in [-0.4, -0.2) is 4.57 Å². The Morgan fingerprint density at radius 1 is 0.760 bits per heavy atom. The maximum Gasteiger partial charge on any atom is 0.0526 e. The fourth-order valence-corrected chi connectivity index (χ4v) is 5.23. The molecule has 0 saturated heterocycles. The summed E-state index contributed by atoms with van der Waals surface area (Å²) in [5.41, 5.74) is 4.23. The van der Waals surface area contributed by atoms with E-state index in [0.29, 0.717) is 0 Å². The van der Waals surface area contributed by atoms with Gasteiger partial charge in [-0.3, -0.25) is 0 Å². The molecule has 0 unspecified atom stereocenters. The van der Waals surface area contributed by atoms with Crippen molar-refractivity contribution in [2.75, 3.05) is 0 Å². The molecule has 0 aliphatic heterocycles. The number of nitrogens with zero attached hydrogens (tertiary/aromatic N) is 1. The molecule has 0 amide bonds. The maximum absolute atomic E-state index is 2.39. The van der Waals surface area contributed by atoms with Gasteiger partial charge >= 0.3 is 0 Å². The molecule has 2 heterocycles. The van der Waals surface area contributed by atoms with Gasteiger partial charge in [0, 0.05) is 43.5 Å². The first-order valence-corrected chi connectivity index (χ1v) is 9.60. The fourth-order valence-electron chi connectivity index (χ4n) is 4.10. The van der Waals surface area contributed by atoms with Crippen molar-refractivity contribution in [1.82, 2.24) is 4.57 Å². The lowest BCUT2D eigenvalue weighted by Crippen LogP contribution is -2.12. The summed E-state index contributed by atoms with van der Waals surface area (Å²) in [7, 11) is 2.21. The van der Waals surface area contributed by atoms with Crippen molar-refractivity contribution in [3.05, 3.63) is 60.2 Å². The number of benzene rings is 3. The molecule has 2 aromatic heterocycles. The van der Waals surface area contributed by atoms with E-state index in [4.69, 9.17) is 0 Å². The van der Waals surface area contributed by atoms with E-state index in [1.807, 2.05) is 11.3 Å². The lowest BCUT2D eigenvalue weighted by atomic mass is 9.85. The van der Waals surface area contributed by atoms with Crippen molar-refractivity contribution in [2.24, 2.45) is 7.05 Å². The Kier molecular flexibility index (Phi) is 2.91. The van der Waals surface area contributed by atoms with E-state index in [0.717, 1.165) is 0 Å². The monoisotopic (exact) mass is 343 g/mol. The van der Waals surface area contributed by atoms with Gasteiger partial charge in [-0.1, -0.05) is 57.2 Å². The molecule has 0 N–H and O–H groups in total. The summed E-state index contributed by atoms with van der Waals surface area (Å²) >= 11 is 1.89. The van der Waals surface area contributed by atoms with Crippen LogP contribution >= 0.6 is 11.3 Å². The molecule has 0 atom stereocenters. The van der Waals surface area contributed by atoms with Gasteiger partial charge in [-0.15, -0.1) is 11.3 Å². The van der Waals surface area contributed by atoms with Gasteiger partial charge in [-0.05, 0) is 29.2 Å². The zero-order valence-electron chi connectivity index (χ0n) is 15.1. The zero-order chi connectivity index (χ0) is 17.3. The van der Waals surface area contributed by atoms with Crippen molar-refractivity contribution in [3.8, 4) is 0 Å². The van der Waals surface area contributed by atoms with Crippen molar-refractivity contribution < 1.29 is 0 Å². The third-order valence-corrected chi connectivity index (χ3v) is 6.46. The minimum Gasteiger partial charge on any atom is -0.343 e. The molecule has 3 aromatic carbocycles. The number of aromatic nitrogens is 1. The molecule has 124 valence electrons. The molecule has 5 rings (SSSR count). The third-order valence-electron chi connectivity index (χ3n) is 5.33. The van der Waals surface area contributed by atoms with Gasteiger partial charge in [0.2, 0.25) is 0 Å². The first-order chi connectivity index (χ1) is 11.9. The molecule has 0 bridgehead atoms. The molecular formula is C23H21NS. The Labute approximate surface area is 151 Å². The van der Waals surface area contributed by atoms with E-state index in [1.165, 1.54) is 47.5 Å². The zero-order valence-corrected chi connectivity index (χ0v) is 15.9. The lowest BCUT2D eigenvalue weighted by molar-refractivity contribution is 0.593. The highest BCUT2D eigenvalue weighted by atomic mass is 32.1. The van der Waals surface area contributed by atoms with Crippen LogP contribution < -0.4 is 0 Å². The van der Waals surface area contributed by atoms with Crippen molar-refractivity contribution in [1.29, 1.82) is 0 Å². The second-order valence-corrected chi connectivity index (χ2v) is 9.06. The Bertz CT molecular complexity index is 1280. The average Bonchev–Trinajstić information content (AvgIpc) is 3.08. The Morgan fingerprint density at radius 2 is 1.52 bits per heavy atom. The van der Waals surface area contributed by atoms with Crippen LogP contribution in [0.1, 0.15) is 26.3 Å². The highest BCUT2D eigenvalue weighted by molar-refractivity contribution is 7.25. The van der Waals surface area contributed by atoms with Crippen molar-refractivity contribution in [2.45, 2.75) is 26.2 Å². The molecule has 0 saturated carbocycles. The highest BCUT2D eigenvalue weighted by Crippen LogP contribution is 2.41. The Hall–Kier alpha value is -2.32. The van der Waals surface area contributed by atoms with E-state index in [-0.39, 0.29) is 5.41 Å². The SMILES string of the molecule is Cn1c2cc3c(cc2c2cccc(C(C)(C)C)c21)sc1ccccc13. The first-order valence-electron chi connectivity index (χ1n) is 8.78. The quantitative estimate of drug-likeness (QED) is 0.285. The second-order valence-electron chi connectivity index (χ2n) is 7.97. The maximum atomic E-state index is 2.39. The topological polar surface area (TPSA) is 4.93 Å². The van der Waals surface area contributed by atoms with Crippen LogP contribution in [0.3, 0.4) is 0 Å². The predicted molar refractivity (Wildman–Crippen MR) is 112 cm³/mol. The number of para-hydroxylation sites is 1. The summed E-state index contributed by atoms with van der Waals surface area (Å²) < 4.78 is 5.13. The van der Waals surface area contributed by atoms with E-state index in [1.54, 1.807) is 0 Å². The normalized spacial score (nSPS) is 12.8. The van der Waals surface area contributed by atoms with E-state index in [9.17, 15) is 0 Å². The number of hydrogen-bond acceptors (Lipinski definition) is 1. The molecule has 0 spiro atoms. The number of fused-ring (bicyclic) bond motifs is 6. The van der Waals surface area contributed by atoms with E-state index in [2.05, 4.69) is 87.0 Å². The minimum atomic E-state index is 0.131. The molecular weight excluding hydrogens is 322 g/mol. The molecule has 1 nitrogen and oxygen atoms in total. The molecule has 0 radical (unpaired) electrons. The molecule has 2 heteroatoms. The van der Waals surface area contributed by atoms with Crippen LogP contribution in [0.15, 0.2) is 54.6 Å². The van der Waals surface area contributed by atoms with Gasteiger partial charge in [0.15, 0.2) is 0 Å². The number of rotatable bonds is 0. The first kappa shape index (κ1) is 15.0. The van der Waals surface area contributed by atoms with Crippen LogP contribution in [0.5, 0.6) is 0 Å². The van der Waals surface area contributed by atoms with Crippen LogP contribution in [0.4, 0.5) is 0 Å². The van der Waals surface area contributed by atoms with Crippen LogP contribution in [-0.2, 0) is 12.5 Å². The summed E-state index contributed by atoms with van der Waals surface area (Å²) in [6, 6.07) is 20.3. The third kappa shape index (κ3) is 2.01. The van der Waals surface area contributed by atoms with Gasteiger partial charge in [-0.2, -0.15) is 0 Å². The summed E-state index contributed by atoms with van der Waals surface area (Å²) in [6.45, 7) is 6.89. The Balaban J connectivity index is 2.00.